The van der Waals surface area contributed by atoms with Gasteiger partial charge in [0.25, 0.3) is 5.69 Å². The molecule has 1 aromatic carbocycles. The van der Waals surface area contributed by atoms with Crippen LogP contribution in [0.2, 0.25) is 0 Å². The van der Waals surface area contributed by atoms with Crippen LogP contribution in [0.5, 0.6) is 0 Å². The van der Waals surface area contributed by atoms with Crippen molar-refractivity contribution in [1.82, 2.24) is 0 Å². The zero-order valence-corrected chi connectivity index (χ0v) is 12.7. The van der Waals surface area contributed by atoms with E-state index in [0.717, 1.165) is 17.4 Å². The standard InChI is InChI=1S/C17H19NO5/c19-18(20)15-3-1-12(2-4-15)16-21-17(23-22-16)13-6-10-5-11(8-13)9-14(17)7-10/h1-4,10-11,13-14,16H,5-9H2. The molecule has 1 atom stereocenters. The van der Waals surface area contributed by atoms with Crippen molar-refractivity contribution in [3.63, 3.8) is 0 Å². The average molecular weight is 317 g/mol. The van der Waals surface area contributed by atoms with Crippen molar-refractivity contribution in [3.8, 4) is 0 Å². The normalized spacial score (nSPS) is 44.1. The van der Waals surface area contributed by atoms with Crippen molar-refractivity contribution >= 4 is 5.69 Å². The van der Waals surface area contributed by atoms with Crippen molar-refractivity contribution in [2.45, 2.75) is 44.2 Å². The van der Waals surface area contributed by atoms with E-state index in [0.29, 0.717) is 11.8 Å². The van der Waals surface area contributed by atoms with Crippen molar-refractivity contribution in [2.24, 2.45) is 23.7 Å². The van der Waals surface area contributed by atoms with Gasteiger partial charge in [0.1, 0.15) is 0 Å². The van der Waals surface area contributed by atoms with Gasteiger partial charge in [-0.2, -0.15) is 9.78 Å². The number of ether oxygens (including phenoxy) is 1. The third-order valence-electron chi connectivity index (χ3n) is 6.21. The summed E-state index contributed by atoms with van der Waals surface area (Å²) < 4.78 is 6.30. The van der Waals surface area contributed by atoms with E-state index in [9.17, 15) is 10.1 Å². The molecule has 0 N–H and O–H groups in total. The van der Waals surface area contributed by atoms with E-state index in [1.165, 1.54) is 44.2 Å². The molecular weight excluding hydrogens is 298 g/mol. The fourth-order valence-electron chi connectivity index (χ4n) is 5.37. The van der Waals surface area contributed by atoms with Crippen molar-refractivity contribution < 1.29 is 19.4 Å². The van der Waals surface area contributed by atoms with E-state index in [4.69, 9.17) is 14.5 Å². The Kier molecular flexibility index (Phi) is 2.87. The first-order valence-corrected chi connectivity index (χ1v) is 8.40. The lowest BCUT2D eigenvalue weighted by Crippen LogP contribution is -2.58. The summed E-state index contributed by atoms with van der Waals surface area (Å²) in [7, 11) is 0. The molecule has 0 amide bonds. The predicted molar refractivity (Wildman–Crippen MR) is 78.9 cm³/mol. The van der Waals surface area contributed by atoms with E-state index < -0.39 is 17.0 Å². The minimum absolute atomic E-state index is 0.0667. The summed E-state index contributed by atoms with van der Waals surface area (Å²) in [6, 6.07) is 6.32. The molecule has 1 spiro atoms. The summed E-state index contributed by atoms with van der Waals surface area (Å²) in [5, 5.41) is 10.8. The first-order valence-electron chi connectivity index (χ1n) is 8.40. The second-order valence-electron chi connectivity index (χ2n) is 7.50. The topological polar surface area (TPSA) is 70.8 Å². The molecule has 4 bridgehead atoms. The lowest BCUT2D eigenvalue weighted by atomic mass is 9.53. The molecule has 5 aliphatic rings. The second kappa shape index (κ2) is 4.75. The molecule has 6 rings (SSSR count). The minimum Gasteiger partial charge on any atom is -0.310 e. The molecule has 1 aromatic rings. The highest BCUT2D eigenvalue weighted by Gasteiger charge is 2.63. The zero-order valence-electron chi connectivity index (χ0n) is 12.7. The van der Waals surface area contributed by atoms with Crippen LogP contribution in [-0.4, -0.2) is 10.7 Å². The number of rotatable bonds is 2. The third kappa shape index (κ3) is 1.98. The van der Waals surface area contributed by atoms with Gasteiger partial charge in [0.05, 0.1) is 4.92 Å². The van der Waals surface area contributed by atoms with Gasteiger partial charge in [0.2, 0.25) is 12.1 Å². The lowest BCUT2D eigenvalue weighted by molar-refractivity contribution is -0.385. The molecule has 23 heavy (non-hydrogen) atoms. The molecule has 6 heteroatoms. The van der Waals surface area contributed by atoms with E-state index in [-0.39, 0.29) is 5.69 Å². The number of hydrogen-bond donors (Lipinski definition) is 0. The molecule has 1 saturated heterocycles. The molecule has 0 aromatic heterocycles. The summed E-state index contributed by atoms with van der Waals surface area (Å²) in [4.78, 5) is 21.7. The number of nitrogens with zero attached hydrogens (tertiary/aromatic N) is 1. The maximum atomic E-state index is 10.8. The zero-order chi connectivity index (χ0) is 15.6. The van der Waals surface area contributed by atoms with Crippen molar-refractivity contribution in [2.75, 3.05) is 0 Å². The van der Waals surface area contributed by atoms with E-state index in [1.54, 1.807) is 12.1 Å². The Morgan fingerprint density at radius 1 is 1.00 bits per heavy atom. The van der Waals surface area contributed by atoms with Crippen LogP contribution in [0.4, 0.5) is 5.69 Å². The molecule has 5 fully saturated rings. The Morgan fingerprint density at radius 2 is 1.61 bits per heavy atom. The Bertz CT molecular complexity index is 615. The van der Waals surface area contributed by atoms with Crippen LogP contribution in [0.15, 0.2) is 24.3 Å². The van der Waals surface area contributed by atoms with Crippen LogP contribution < -0.4 is 0 Å². The van der Waals surface area contributed by atoms with Crippen LogP contribution in [0.1, 0.15) is 44.0 Å². The number of hydrogen-bond acceptors (Lipinski definition) is 5. The van der Waals surface area contributed by atoms with E-state index in [2.05, 4.69) is 0 Å². The Balaban J connectivity index is 1.39. The number of nitro benzene ring substituents is 1. The van der Waals surface area contributed by atoms with Gasteiger partial charge < -0.3 is 4.74 Å². The minimum atomic E-state index is -0.597. The van der Waals surface area contributed by atoms with Gasteiger partial charge in [0, 0.05) is 29.5 Å². The van der Waals surface area contributed by atoms with E-state index in [1.807, 2.05) is 0 Å². The lowest BCUT2D eigenvalue weighted by Gasteiger charge is -2.56. The number of benzene rings is 1. The largest absolute Gasteiger partial charge is 0.310 e. The number of non-ortho nitro benzene ring substituents is 1. The fourth-order valence-corrected chi connectivity index (χ4v) is 5.37. The maximum absolute atomic E-state index is 10.8. The monoisotopic (exact) mass is 317 g/mol. The summed E-state index contributed by atoms with van der Waals surface area (Å²) in [5.74, 6) is 1.89. The Hall–Kier alpha value is -1.50. The fraction of sp³-hybridized carbons (Fsp3) is 0.647. The predicted octanol–water partition coefficient (Wildman–Crippen LogP) is 3.72. The third-order valence-corrected chi connectivity index (χ3v) is 6.21. The molecule has 4 saturated carbocycles. The molecule has 1 aliphatic heterocycles. The Labute approximate surface area is 133 Å². The quantitative estimate of drug-likeness (QED) is 0.472. The molecule has 4 aliphatic carbocycles. The van der Waals surface area contributed by atoms with Crippen LogP contribution in [0.25, 0.3) is 0 Å². The highest BCUT2D eigenvalue weighted by atomic mass is 17.3. The van der Waals surface area contributed by atoms with Gasteiger partial charge in [-0.25, -0.2) is 0 Å². The SMILES string of the molecule is O=[N+]([O-])c1ccc(C2OOC3(O2)C2CC4CC(C2)CC3C4)cc1. The van der Waals surface area contributed by atoms with Gasteiger partial charge in [-0.3, -0.25) is 10.1 Å². The highest BCUT2D eigenvalue weighted by molar-refractivity contribution is 5.33. The summed E-state index contributed by atoms with van der Waals surface area (Å²) in [5.41, 5.74) is 0.832. The van der Waals surface area contributed by atoms with Crippen LogP contribution in [0.3, 0.4) is 0 Å². The first kappa shape index (κ1) is 13.9. The Morgan fingerprint density at radius 3 is 2.17 bits per heavy atom. The van der Waals surface area contributed by atoms with Crippen LogP contribution in [-0.2, 0) is 14.5 Å². The average Bonchev–Trinajstić information content (AvgIpc) is 2.98. The highest BCUT2D eigenvalue weighted by Crippen LogP contribution is 2.62. The summed E-state index contributed by atoms with van der Waals surface area (Å²) >= 11 is 0. The van der Waals surface area contributed by atoms with Crippen molar-refractivity contribution in [3.05, 3.63) is 39.9 Å². The van der Waals surface area contributed by atoms with Gasteiger partial charge in [-0.1, -0.05) is 0 Å². The van der Waals surface area contributed by atoms with Crippen LogP contribution >= 0.6 is 0 Å². The second-order valence-corrected chi connectivity index (χ2v) is 7.50. The van der Waals surface area contributed by atoms with Gasteiger partial charge in [-0.05, 0) is 56.1 Å². The molecule has 6 nitrogen and oxygen atoms in total. The molecule has 1 unspecified atom stereocenters. The van der Waals surface area contributed by atoms with Gasteiger partial charge >= 0.3 is 0 Å². The molecule has 122 valence electrons. The molecule has 0 radical (unpaired) electrons. The first-order chi connectivity index (χ1) is 11.1. The van der Waals surface area contributed by atoms with Gasteiger partial charge in [0.15, 0.2) is 0 Å². The van der Waals surface area contributed by atoms with Crippen molar-refractivity contribution in [1.29, 1.82) is 0 Å². The molecule has 1 heterocycles. The van der Waals surface area contributed by atoms with Crippen LogP contribution in [0, 0.1) is 33.8 Å². The smallest absolute Gasteiger partial charge is 0.269 e. The molecular formula is C17H19NO5. The van der Waals surface area contributed by atoms with E-state index >= 15 is 0 Å². The summed E-state index contributed by atoms with van der Waals surface area (Å²) in [6.45, 7) is 0. The summed E-state index contributed by atoms with van der Waals surface area (Å²) in [6.07, 6.45) is 5.46. The maximum Gasteiger partial charge on any atom is 0.269 e. The number of nitro groups is 1. The van der Waals surface area contributed by atoms with Gasteiger partial charge in [-0.15, -0.1) is 0 Å².